The number of hydrogen-bond donors (Lipinski definition) is 2. The number of carbonyl (C=O) groups is 4. The van der Waals surface area contributed by atoms with Gasteiger partial charge in [-0.3, -0.25) is 28.7 Å². The van der Waals surface area contributed by atoms with E-state index in [0.29, 0.717) is 34.3 Å². The minimum Gasteiger partial charge on any atom is -0.462 e. The number of nitrogens with zero attached hydrogens (tertiary/aromatic N) is 3. The second-order valence-electron chi connectivity index (χ2n) is 16.1. The summed E-state index contributed by atoms with van der Waals surface area (Å²) in [7, 11) is -3.01. The number of esters is 1. The van der Waals surface area contributed by atoms with Crippen LogP contribution in [0.5, 0.6) is 5.75 Å². The van der Waals surface area contributed by atoms with Gasteiger partial charge in [-0.1, -0.05) is 30.3 Å². The fraction of sp³-hybridized carbons (Fsp3) is 0.465. The van der Waals surface area contributed by atoms with Gasteiger partial charge in [-0.25, -0.2) is 9.48 Å². The molecule has 2 aromatic carbocycles. The van der Waals surface area contributed by atoms with Gasteiger partial charge in [0, 0.05) is 48.2 Å². The summed E-state index contributed by atoms with van der Waals surface area (Å²) in [5.74, 6) is -3.27. The Hall–Kier alpha value is -4.69. The van der Waals surface area contributed by atoms with Crippen molar-refractivity contribution in [2.24, 2.45) is 0 Å². The number of thiophene rings is 1. The first kappa shape index (κ1) is 41.1. The van der Waals surface area contributed by atoms with Gasteiger partial charge in [0.05, 0.1) is 11.5 Å². The molecule has 3 amide bonds. The zero-order chi connectivity index (χ0) is 41.3. The highest BCUT2D eigenvalue weighted by atomic mass is 32.1. The van der Waals surface area contributed by atoms with Crippen LogP contribution in [0.25, 0.3) is 10.1 Å². The van der Waals surface area contributed by atoms with E-state index in [4.69, 9.17) is 14.0 Å². The molecule has 0 radical (unpaired) electrons. The van der Waals surface area contributed by atoms with Gasteiger partial charge >= 0.3 is 13.5 Å². The quantitative estimate of drug-likeness (QED) is 0.0779. The number of rotatable bonds is 14. The number of methoxy groups -OCH3 is 1. The van der Waals surface area contributed by atoms with E-state index < -0.39 is 43.4 Å². The molecule has 312 valence electrons. The lowest BCUT2D eigenvalue weighted by Gasteiger charge is -2.34. The third kappa shape index (κ3) is 8.52. The van der Waals surface area contributed by atoms with E-state index in [1.165, 1.54) is 49.6 Å². The summed E-state index contributed by atoms with van der Waals surface area (Å²) in [5.41, 5.74) is 0.993. The maximum atomic E-state index is 16.6. The molecule has 1 saturated carbocycles. The first-order valence-corrected chi connectivity index (χ1v) is 22.8. The average Bonchev–Trinajstić information content (AvgIpc) is 3.55. The van der Waals surface area contributed by atoms with Crippen LogP contribution in [0.4, 0.5) is 4.39 Å². The number of ether oxygens (including phenoxy) is 2. The summed E-state index contributed by atoms with van der Waals surface area (Å²) >= 11 is 1.19. The fourth-order valence-electron chi connectivity index (χ4n) is 8.94. The second-order valence-corrected chi connectivity index (χ2v) is 19.2. The summed E-state index contributed by atoms with van der Waals surface area (Å²) in [5, 5.41) is 6.07. The Morgan fingerprint density at radius 2 is 1.85 bits per heavy atom. The molecule has 59 heavy (non-hydrogen) atoms. The van der Waals surface area contributed by atoms with E-state index in [-0.39, 0.29) is 53.8 Å². The Morgan fingerprint density at radius 3 is 2.59 bits per heavy atom. The molecule has 0 bridgehead atoms. The van der Waals surface area contributed by atoms with Crippen molar-refractivity contribution >= 4 is 52.6 Å². The van der Waals surface area contributed by atoms with E-state index in [0.717, 1.165) is 44.1 Å². The number of nitrogens with one attached hydrogen (secondary N) is 2. The Balaban J connectivity index is 0.965. The lowest BCUT2D eigenvalue weighted by Crippen LogP contribution is -2.56. The van der Waals surface area contributed by atoms with E-state index in [9.17, 15) is 23.7 Å². The van der Waals surface area contributed by atoms with Crippen molar-refractivity contribution in [3.63, 3.8) is 0 Å². The molecule has 4 fully saturated rings. The Bertz CT molecular complexity index is 2240. The highest BCUT2D eigenvalue weighted by Crippen LogP contribution is 2.58. The SMILES string of the molecule is COCCOC(=O)[C@H](C)NP(=O)(Oc1ccccc1)[C@@H](F)c1ccc2sc(C(=O)N[C@H]3CCC[C@H]4CC[C@@H](C(=O)N5C[C@@H](c6cccnc6)CC56CC6)N4C3=O)cc2c1. The van der Waals surface area contributed by atoms with Crippen molar-refractivity contribution in [3.05, 3.63) is 95.1 Å². The van der Waals surface area contributed by atoms with Crippen LogP contribution in [0, 0.1) is 0 Å². The largest absolute Gasteiger partial charge is 0.462 e. The van der Waals surface area contributed by atoms with Gasteiger partial charge in [-0.15, -0.1) is 11.3 Å². The van der Waals surface area contributed by atoms with Crippen molar-refractivity contribution in [1.29, 1.82) is 0 Å². The molecule has 4 aliphatic rings. The average molecular weight is 846 g/mol. The molecule has 1 spiro atoms. The molecule has 13 nitrogen and oxygen atoms in total. The standard InChI is InChI=1S/C43H49FN5O8PS/c1-27(42(53)56-21-20-55-2)47-58(54,57-33-10-4-3-5-11-33)38(44)28-13-16-36-30(22-28)23-37(59-36)39(50)46-34-12-6-9-32-14-15-35(49(32)40(34)51)41(52)48-26-31(24-43(48)17-18-43)29-8-7-19-45-25-29/h3-5,7-8,10-11,13,16,19,22-23,25,27,31-32,34-35,38H,6,9,12,14-15,17-18,20-21,24,26H2,1-2H3,(H,46,50)(H,47,54)/t27-,31-,32-,34-,35-,38+,58?/m0/s1. The Labute approximate surface area is 346 Å². The monoisotopic (exact) mass is 845 g/mol. The van der Waals surface area contributed by atoms with Crippen molar-refractivity contribution in [3.8, 4) is 5.75 Å². The number of likely N-dealkylation sites (tertiary alicyclic amines) is 1. The van der Waals surface area contributed by atoms with Crippen LogP contribution in [0.15, 0.2) is 79.1 Å². The molecule has 3 saturated heterocycles. The van der Waals surface area contributed by atoms with Crippen LogP contribution in [0.1, 0.15) is 90.9 Å². The number of amides is 3. The number of benzene rings is 2. The van der Waals surface area contributed by atoms with Gasteiger partial charge in [0.2, 0.25) is 17.7 Å². The van der Waals surface area contributed by atoms with Gasteiger partial charge in [0.25, 0.3) is 5.91 Å². The van der Waals surface area contributed by atoms with Gasteiger partial charge in [-0.05, 0) is 111 Å². The zero-order valence-corrected chi connectivity index (χ0v) is 34.8. The first-order chi connectivity index (χ1) is 28.5. The van der Waals surface area contributed by atoms with Crippen LogP contribution < -0.4 is 14.9 Å². The van der Waals surface area contributed by atoms with Gasteiger partial charge in [0.15, 0.2) is 0 Å². The first-order valence-electron chi connectivity index (χ1n) is 20.3. The normalized spacial score (nSPS) is 24.2. The number of alkyl halides is 1. The van der Waals surface area contributed by atoms with Crippen LogP contribution in [0.2, 0.25) is 0 Å². The summed E-state index contributed by atoms with van der Waals surface area (Å²) in [6.45, 7) is 2.15. The maximum Gasteiger partial charge on any atom is 0.355 e. The topological polar surface area (TPSA) is 156 Å². The Morgan fingerprint density at radius 1 is 1.03 bits per heavy atom. The summed E-state index contributed by atoms with van der Waals surface area (Å²) in [6, 6.07) is 15.7. The van der Waals surface area contributed by atoms with E-state index in [2.05, 4.69) is 21.5 Å². The molecule has 7 atom stereocenters. The second kappa shape index (κ2) is 17.1. The Kier molecular flexibility index (Phi) is 11.9. The number of fused-ring (bicyclic) bond motifs is 2. The van der Waals surface area contributed by atoms with Gasteiger partial charge < -0.3 is 29.1 Å². The molecule has 1 unspecified atom stereocenters. The van der Waals surface area contributed by atoms with E-state index in [1.54, 1.807) is 41.4 Å². The van der Waals surface area contributed by atoms with Crippen LogP contribution in [-0.4, -0.2) is 95.0 Å². The summed E-state index contributed by atoms with van der Waals surface area (Å²) in [6.07, 6.45) is 9.76. The number of carbonyl (C=O) groups excluding carboxylic acids is 4. The number of aromatic nitrogens is 1. The lowest BCUT2D eigenvalue weighted by molar-refractivity contribution is -0.147. The molecule has 2 aromatic heterocycles. The van der Waals surface area contributed by atoms with Crippen molar-refractivity contribution in [2.45, 2.75) is 99.8 Å². The van der Waals surface area contributed by atoms with Gasteiger partial charge in [-0.2, -0.15) is 0 Å². The predicted molar refractivity (Wildman–Crippen MR) is 220 cm³/mol. The third-order valence-electron chi connectivity index (χ3n) is 12.1. The smallest absolute Gasteiger partial charge is 0.355 e. The van der Waals surface area contributed by atoms with Crippen molar-refractivity contribution in [2.75, 3.05) is 26.9 Å². The molecular weight excluding hydrogens is 797 g/mol. The van der Waals surface area contributed by atoms with Crippen molar-refractivity contribution < 1.29 is 42.1 Å². The fourth-order valence-corrected chi connectivity index (χ4v) is 11.8. The number of para-hydroxylation sites is 1. The molecule has 1 aliphatic carbocycles. The minimum absolute atomic E-state index is 0.00794. The third-order valence-corrected chi connectivity index (χ3v) is 15.3. The molecule has 2 N–H and O–H groups in total. The summed E-state index contributed by atoms with van der Waals surface area (Å²) < 4.78 is 47.4. The summed E-state index contributed by atoms with van der Waals surface area (Å²) in [4.78, 5) is 63.6. The van der Waals surface area contributed by atoms with Crippen LogP contribution in [-0.2, 0) is 28.4 Å². The molecular formula is C43H49FN5O8PS. The zero-order valence-electron chi connectivity index (χ0n) is 33.1. The minimum atomic E-state index is -4.47. The highest BCUT2D eigenvalue weighted by Gasteiger charge is 2.58. The number of pyridine rings is 1. The molecule has 5 heterocycles. The van der Waals surface area contributed by atoms with Crippen LogP contribution >= 0.6 is 18.9 Å². The van der Waals surface area contributed by atoms with E-state index in [1.807, 2.05) is 17.2 Å². The number of hydrogen-bond acceptors (Lipinski definition) is 10. The molecule has 8 rings (SSSR count). The van der Waals surface area contributed by atoms with E-state index >= 15 is 4.39 Å². The molecule has 4 aromatic rings. The maximum absolute atomic E-state index is 16.6. The lowest BCUT2D eigenvalue weighted by atomic mass is 9.97. The molecule has 16 heteroatoms. The molecule has 3 aliphatic heterocycles. The van der Waals surface area contributed by atoms with Crippen LogP contribution in [0.3, 0.4) is 0 Å². The van der Waals surface area contributed by atoms with Crippen molar-refractivity contribution in [1.82, 2.24) is 25.2 Å². The highest BCUT2D eigenvalue weighted by molar-refractivity contribution is 7.57. The number of halogens is 1. The predicted octanol–water partition coefficient (Wildman–Crippen LogP) is 6.89. The van der Waals surface area contributed by atoms with Gasteiger partial charge in [0.1, 0.15) is 30.5 Å².